The lowest BCUT2D eigenvalue weighted by molar-refractivity contribution is 1.09. The molecule has 5 heteroatoms. The van der Waals surface area contributed by atoms with E-state index < -0.39 is 0 Å². The average molecular weight is 223 g/mol. The van der Waals surface area contributed by atoms with Gasteiger partial charge in [0.2, 0.25) is 0 Å². The quantitative estimate of drug-likeness (QED) is 0.679. The molecule has 0 aliphatic rings. The smallest absolute Gasteiger partial charge is 0.194 e. The highest BCUT2D eigenvalue weighted by Crippen LogP contribution is 2.17. The number of halogens is 2. The normalized spacial score (nSPS) is 10.2. The Morgan fingerprint density at radius 2 is 2.42 bits per heavy atom. The van der Waals surface area contributed by atoms with Crippen molar-refractivity contribution in [3.05, 3.63) is 23.0 Å². The van der Waals surface area contributed by atoms with E-state index >= 15 is 0 Å². The van der Waals surface area contributed by atoms with Crippen LogP contribution < -0.4 is 0 Å². The van der Waals surface area contributed by atoms with Gasteiger partial charge in [-0.15, -0.1) is 35.3 Å². The van der Waals surface area contributed by atoms with Crippen LogP contribution in [0.5, 0.6) is 0 Å². The van der Waals surface area contributed by atoms with E-state index in [0.29, 0.717) is 5.88 Å². The van der Waals surface area contributed by atoms with Gasteiger partial charge in [-0.05, 0) is 6.92 Å². The Morgan fingerprint density at radius 3 is 3.08 bits per heavy atom. The van der Waals surface area contributed by atoms with Crippen molar-refractivity contribution in [3.63, 3.8) is 0 Å². The van der Waals surface area contributed by atoms with Crippen molar-refractivity contribution >= 4 is 40.3 Å². The minimum absolute atomic E-state index is 0. The summed E-state index contributed by atoms with van der Waals surface area (Å²) in [7, 11) is 0. The highest BCUT2D eigenvalue weighted by molar-refractivity contribution is 7.15. The molecular formula is C7H8Cl2N2S. The van der Waals surface area contributed by atoms with Gasteiger partial charge in [0.1, 0.15) is 0 Å². The largest absolute Gasteiger partial charge is 0.293 e. The molecule has 2 aromatic heterocycles. The molecule has 0 amide bonds. The molecule has 0 aliphatic heterocycles. The molecular weight excluding hydrogens is 215 g/mol. The summed E-state index contributed by atoms with van der Waals surface area (Å²) in [5, 5.41) is 2.01. The number of aryl methyl sites for hydroxylation is 1. The van der Waals surface area contributed by atoms with Crippen molar-refractivity contribution in [2.75, 3.05) is 0 Å². The third-order valence-corrected chi connectivity index (χ3v) is 2.70. The van der Waals surface area contributed by atoms with Gasteiger partial charge in [0.05, 0.1) is 17.3 Å². The molecule has 0 bridgehead atoms. The van der Waals surface area contributed by atoms with Crippen LogP contribution in [-0.2, 0) is 5.88 Å². The highest BCUT2D eigenvalue weighted by Gasteiger charge is 2.06. The zero-order chi connectivity index (χ0) is 7.84. The molecule has 66 valence electrons. The zero-order valence-electron chi connectivity index (χ0n) is 6.45. The molecule has 0 aromatic carbocycles. The highest BCUT2D eigenvalue weighted by atomic mass is 35.5. The van der Waals surface area contributed by atoms with Crippen LogP contribution in [0.2, 0.25) is 0 Å². The summed E-state index contributed by atoms with van der Waals surface area (Å²) in [6.07, 6.45) is 2.00. The summed E-state index contributed by atoms with van der Waals surface area (Å²) in [5.41, 5.74) is 2.13. The molecule has 12 heavy (non-hydrogen) atoms. The van der Waals surface area contributed by atoms with Gasteiger partial charge >= 0.3 is 0 Å². The maximum Gasteiger partial charge on any atom is 0.194 e. The Balaban J connectivity index is 0.000000720. The lowest BCUT2D eigenvalue weighted by atomic mass is 10.4. The second kappa shape index (κ2) is 3.64. The van der Waals surface area contributed by atoms with Crippen molar-refractivity contribution in [1.29, 1.82) is 0 Å². The zero-order valence-corrected chi connectivity index (χ0v) is 8.84. The standard InChI is InChI=1S/C7H7ClN2S.ClH/c1-5-6(4-8)10-2-3-11-7(10)9-5;/h2-3H,4H2,1H3;1H. The fourth-order valence-electron chi connectivity index (χ4n) is 1.10. The summed E-state index contributed by atoms with van der Waals surface area (Å²) < 4.78 is 2.03. The van der Waals surface area contributed by atoms with Crippen molar-refractivity contribution in [2.24, 2.45) is 0 Å². The predicted molar refractivity (Wildman–Crippen MR) is 54.6 cm³/mol. The second-order valence-corrected chi connectivity index (χ2v) is 3.47. The van der Waals surface area contributed by atoms with Gasteiger partial charge in [0, 0.05) is 11.6 Å². The molecule has 2 heterocycles. The van der Waals surface area contributed by atoms with Crippen LogP contribution in [-0.4, -0.2) is 9.38 Å². The average Bonchev–Trinajstić information content (AvgIpc) is 2.46. The lowest BCUT2D eigenvalue weighted by Crippen LogP contribution is -1.86. The summed E-state index contributed by atoms with van der Waals surface area (Å²) in [6.45, 7) is 1.98. The number of nitrogens with zero attached hydrogens (tertiary/aromatic N) is 2. The molecule has 0 N–H and O–H groups in total. The van der Waals surface area contributed by atoms with Crippen molar-refractivity contribution in [1.82, 2.24) is 9.38 Å². The van der Waals surface area contributed by atoms with E-state index in [9.17, 15) is 0 Å². The van der Waals surface area contributed by atoms with E-state index in [4.69, 9.17) is 11.6 Å². The maximum atomic E-state index is 5.75. The molecule has 0 unspecified atom stereocenters. The van der Waals surface area contributed by atoms with E-state index in [1.165, 1.54) is 0 Å². The number of hydrogen-bond donors (Lipinski definition) is 0. The van der Waals surface area contributed by atoms with Crippen molar-refractivity contribution < 1.29 is 0 Å². The third-order valence-electron chi connectivity index (χ3n) is 1.69. The lowest BCUT2D eigenvalue weighted by Gasteiger charge is -1.91. The second-order valence-electron chi connectivity index (χ2n) is 2.33. The maximum absolute atomic E-state index is 5.75. The van der Waals surface area contributed by atoms with Gasteiger partial charge in [0.25, 0.3) is 0 Å². The third kappa shape index (κ3) is 1.32. The number of hydrogen-bond acceptors (Lipinski definition) is 2. The minimum Gasteiger partial charge on any atom is -0.293 e. The molecule has 0 fully saturated rings. The summed E-state index contributed by atoms with van der Waals surface area (Å²) in [6, 6.07) is 0. The van der Waals surface area contributed by atoms with E-state index in [-0.39, 0.29) is 12.4 Å². The van der Waals surface area contributed by atoms with Gasteiger partial charge < -0.3 is 0 Å². The molecule has 2 aromatic rings. The van der Waals surface area contributed by atoms with Gasteiger partial charge in [0.15, 0.2) is 4.96 Å². The fraction of sp³-hybridized carbons (Fsp3) is 0.286. The van der Waals surface area contributed by atoms with Crippen LogP contribution in [0, 0.1) is 6.92 Å². The number of imidazole rings is 1. The molecule has 0 radical (unpaired) electrons. The number of fused-ring (bicyclic) bond motifs is 1. The molecule has 2 rings (SSSR count). The van der Waals surface area contributed by atoms with Crippen LogP contribution in [0.1, 0.15) is 11.4 Å². The van der Waals surface area contributed by atoms with Crippen LogP contribution in [0.25, 0.3) is 4.96 Å². The van der Waals surface area contributed by atoms with Crippen molar-refractivity contribution in [2.45, 2.75) is 12.8 Å². The first kappa shape index (κ1) is 9.84. The molecule has 0 spiro atoms. The molecule has 0 aliphatic carbocycles. The van der Waals surface area contributed by atoms with Gasteiger partial charge in [-0.1, -0.05) is 0 Å². The Labute approximate surface area is 85.6 Å². The first-order valence-electron chi connectivity index (χ1n) is 3.30. The van der Waals surface area contributed by atoms with E-state index in [1.807, 2.05) is 22.9 Å². The minimum atomic E-state index is 0. The van der Waals surface area contributed by atoms with Crippen LogP contribution in [0.4, 0.5) is 0 Å². The van der Waals surface area contributed by atoms with E-state index in [2.05, 4.69) is 4.98 Å². The Hall–Kier alpha value is -0.250. The van der Waals surface area contributed by atoms with Gasteiger partial charge in [-0.25, -0.2) is 4.98 Å². The Kier molecular flexibility index (Phi) is 2.99. The number of alkyl halides is 1. The van der Waals surface area contributed by atoms with E-state index in [1.54, 1.807) is 11.3 Å². The summed E-state index contributed by atoms with van der Waals surface area (Å²) in [4.78, 5) is 5.37. The SMILES string of the molecule is Cc1nc2sccn2c1CCl.Cl. The predicted octanol–water partition coefficient (Wildman–Crippen LogP) is 2.86. The number of thiazole rings is 1. The number of aromatic nitrogens is 2. The van der Waals surface area contributed by atoms with Crippen LogP contribution in [0.15, 0.2) is 11.6 Å². The molecule has 0 saturated heterocycles. The van der Waals surface area contributed by atoms with Crippen molar-refractivity contribution in [3.8, 4) is 0 Å². The number of rotatable bonds is 1. The van der Waals surface area contributed by atoms with Crippen LogP contribution in [0.3, 0.4) is 0 Å². The van der Waals surface area contributed by atoms with Crippen LogP contribution >= 0.6 is 35.3 Å². The monoisotopic (exact) mass is 222 g/mol. The summed E-state index contributed by atoms with van der Waals surface area (Å²) in [5.74, 6) is 0.531. The Morgan fingerprint density at radius 1 is 1.67 bits per heavy atom. The molecule has 2 nitrogen and oxygen atoms in total. The van der Waals surface area contributed by atoms with Gasteiger partial charge in [-0.3, -0.25) is 4.40 Å². The Bertz CT molecular complexity index is 380. The van der Waals surface area contributed by atoms with E-state index in [0.717, 1.165) is 16.3 Å². The summed E-state index contributed by atoms with van der Waals surface area (Å²) >= 11 is 7.38. The molecule has 0 atom stereocenters. The molecule has 0 saturated carbocycles. The first-order valence-corrected chi connectivity index (χ1v) is 4.71. The topological polar surface area (TPSA) is 17.3 Å². The first-order chi connectivity index (χ1) is 5.33. The van der Waals surface area contributed by atoms with Gasteiger partial charge in [-0.2, -0.15) is 0 Å². The fourth-order valence-corrected chi connectivity index (χ4v) is 2.20.